The van der Waals surface area contributed by atoms with Crippen molar-refractivity contribution in [3.05, 3.63) is 23.3 Å². The maximum Gasteiger partial charge on any atom is 0.248 e. The molecule has 1 aromatic carbocycles. The monoisotopic (exact) mass is 552 g/mol. The van der Waals surface area contributed by atoms with Crippen LogP contribution < -0.4 is 4.74 Å². The lowest BCUT2D eigenvalue weighted by Gasteiger charge is -2.40. The third kappa shape index (κ3) is 7.25. The number of benzene rings is 1. The SMILES string of the molecule is COc1cc(C)c(S(=O)(=O)N(C)CCOCC(=O)N(C)C2CCCN(C(=O)C3CCCN(C)C3)C2)c(C)c1. The second-order valence-corrected chi connectivity index (χ2v) is 12.6. The lowest BCUT2D eigenvalue weighted by atomic mass is 9.95. The quantitative estimate of drug-likeness (QED) is 0.408. The molecule has 2 unspecified atom stereocenters. The highest BCUT2D eigenvalue weighted by Gasteiger charge is 2.33. The largest absolute Gasteiger partial charge is 0.497 e. The first-order valence-corrected chi connectivity index (χ1v) is 14.8. The van der Waals surface area contributed by atoms with Crippen molar-refractivity contribution in [1.82, 2.24) is 19.0 Å². The third-order valence-corrected chi connectivity index (χ3v) is 9.90. The molecule has 1 aromatic rings. The van der Waals surface area contributed by atoms with Gasteiger partial charge in [0.15, 0.2) is 0 Å². The molecule has 214 valence electrons. The summed E-state index contributed by atoms with van der Waals surface area (Å²) < 4.78 is 38.4. The lowest BCUT2D eigenvalue weighted by molar-refractivity contribution is -0.144. The van der Waals surface area contributed by atoms with E-state index in [0.29, 0.717) is 23.4 Å². The molecule has 0 radical (unpaired) electrons. The van der Waals surface area contributed by atoms with E-state index in [2.05, 4.69) is 11.9 Å². The number of rotatable bonds is 10. The molecule has 2 fully saturated rings. The fourth-order valence-electron chi connectivity index (χ4n) is 5.47. The number of hydrogen-bond acceptors (Lipinski definition) is 7. The highest BCUT2D eigenvalue weighted by atomic mass is 32.2. The Hall–Kier alpha value is -2.21. The van der Waals surface area contributed by atoms with Crippen molar-refractivity contribution in [3.63, 3.8) is 0 Å². The van der Waals surface area contributed by atoms with Gasteiger partial charge in [-0.2, -0.15) is 4.31 Å². The first kappa shape index (κ1) is 30.3. The Kier molecular flexibility index (Phi) is 10.6. The Labute approximate surface area is 227 Å². The molecule has 2 aliphatic rings. The van der Waals surface area contributed by atoms with E-state index in [0.717, 1.165) is 45.3 Å². The van der Waals surface area contributed by atoms with Crippen LogP contribution in [0.25, 0.3) is 0 Å². The molecule has 0 bridgehead atoms. The van der Waals surface area contributed by atoms with Gasteiger partial charge in [0.25, 0.3) is 0 Å². The second-order valence-electron chi connectivity index (χ2n) is 10.7. The fraction of sp³-hybridized carbons (Fsp3) is 0.704. The number of piperidine rings is 2. The minimum absolute atomic E-state index is 0.0376. The van der Waals surface area contributed by atoms with Crippen molar-refractivity contribution in [1.29, 1.82) is 0 Å². The number of carbonyl (C=O) groups excluding carboxylic acids is 2. The zero-order valence-electron chi connectivity index (χ0n) is 23.7. The van der Waals surface area contributed by atoms with Crippen LogP contribution in [0.3, 0.4) is 0 Å². The maximum atomic E-state index is 13.2. The maximum absolute atomic E-state index is 13.2. The number of nitrogens with zero attached hydrogens (tertiary/aromatic N) is 4. The molecule has 2 amide bonds. The van der Waals surface area contributed by atoms with E-state index in [1.165, 1.54) is 11.4 Å². The molecule has 2 saturated heterocycles. The smallest absolute Gasteiger partial charge is 0.248 e. The molecule has 3 rings (SSSR count). The fourth-order valence-corrected chi connectivity index (χ4v) is 7.02. The van der Waals surface area contributed by atoms with Crippen LogP contribution in [0.5, 0.6) is 5.75 Å². The standard InChI is InChI=1S/C27H44N4O6S/c1-20-15-24(36-6)16-21(2)26(20)38(34,35)29(4)13-14-37-19-25(32)30(5)23-10-8-12-31(18-23)27(33)22-9-7-11-28(3)17-22/h15-16,22-23H,7-14,17-19H2,1-6H3. The van der Waals surface area contributed by atoms with E-state index in [1.54, 1.807) is 45.0 Å². The molecule has 38 heavy (non-hydrogen) atoms. The number of likely N-dealkylation sites (tertiary alicyclic amines) is 2. The number of methoxy groups -OCH3 is 1. The van der Waals surface area contributed by atoms with Crippen molar-refractivity contribution in [2.75, 3.05) is 74.2 Å². The second kappa shape index (κ2) is 13.2. The van der Waals surface area contributed by atoms with Gasteiger partial charge < -0.3 is 24.2 Å². The Balaban J connectivity index is 1.47. The number of amides is 2. The Morgan fingerprint density at radius 2 is 1.71 bits per heavy atom. The summed E-state index contributed by atoms with van der Waals surface area (Å²) in [5, 5.41) is 0. The summed E-state index contributed by atoms with van der Waals surface area (Å²) in [7, 11) is 3.14. The van der Waals surface area contributed by atoms with Gasteiger partial charge in [0.05, 0.1) is 24.5 Å². The van der Waals surface area contributed by atoms with Gasteiger partial charge in [-0.25, -0.2) is 8.42 Å². The highest BCUT2D eigenvalue weighted by Crippen LogP contribution is 2.28. The Morgan fingerprint density at radius 1 is 1.05 bits per heavy atom. The van der Waals surface area contributed by atoms with Crippen LogP contribution in [0, 0.1) is 19.8 Å². The van der Waals surface area contributed by atoms with Gasteiger partial charge in [-0.1, -0.05) is 0 Å². The minimum atomic E-state index is -3.72. The van der Waals surface area contributed by atoms with Crippen LogP contribution in [-0.4, -0.2) is 119 Å². The molecule has 0 N–H and O–H groups in total. The van der Waals surface area contributed by atoms with Crippen LogP contribution in [-0.2, 0) is 24.3 Å². The number of ether oxygens (including phenoxy) is 2. The Bertz CT molecular complexity index is 1070. The van der Waals surface area contributed by atoms with Gasteiger partial charge in [-0.3, -0.25) is 9.59 Å². The first-order valence-electron chi connectivity index (χ1n) is 13.4. The molecule has 0 aliphatic carbocycles. The number of sulfonamides is 1. The van der Waals surface area contributed by atoms with Crippen LogP contribution in [0.4, 0.5) is 0 Å². The van der Waals surface area contributed by atoms with Crippen LogP contribution in [0.2, 0.25) is 0 Å². The molecular formula is C27H44N4O6S. The van der Waals surface area contributed by atoms with Gasteiger partial charge in [-0.15, -0.1) is 0 Å². The van der Waals surface area contributed by atoms with Crippen LogP contribution in [0.15, 0.2) is 17.0 Å². The van der Waals surface area contributed by atoms with Crippen molar-refractivity contribution in [2.45, 2.75) is 50.5 Å². The molecule has 2 atom stereocenters. The summed E-state index contributed by atoms with van der Waals surface area (Å²) in [6, 6.07) is 3.35. The van der Waals surface area contributed by atoms with Crippen molar-refractivity contribution >= 4 is 21.8 Å². The summed E-state index contributed by atoms with van der Waals surface area (Å²) in [4.78, 5) is 32.0. The summed E-state index contributed by atoms with van der Waals surface area (Å²) in [5.41, 5.74) is 1.23. The average molecular weight is 553 g/mol. The van der Waals surface area contributed by atoms with Gasteiger partial charge in [0.2, 0.25) is 21.8 Å². The van der Waals surface area contributed by atoms with Gasteiger partial charge in [0.1, 0.15) is 12.4 Å². The topological polar surface area (TPSA) is 99.7 Å². The van der Waals surface area contributed by atoms with Crippen molar-refractivity contribution in [3.8, 4) is 5.75 Å². The third-order valence-electron chi connectivity index (χ3n) is 7.74. The first-order chi connectivity index (χ1) is 17.9. The van der Waals surface area contributed by atoms with Crippen LogP contribution >= 0.6 is 0 Å². The predicted octanol–water partition coefficient (Wildman–Crippen LogP) is 1.74. The minimum Gasteiger partial charge on any atom is -0.497 e. The normalized spacial score (nSPS) is 21.0. The summed E-state index contributed by atoms with van der Waals surface area (Å²) in [6.45, 7) is 6.67. The average Bonchev–Trinajstić information content (AvgIpc) is 2.89. The van der Waals surface area contributed by atoms with E-state index >= 15 is 0 Å². The summed E-state index contributed by atoms with van der Waals surface area (Å²) >= 11 is 0. The number of aryl methyl sites for hydroxylation is 2. The van der Waals surface area contributed by atoms with E-state index in [-0.39, 0.29) is 48.4 Å². The van der Waals surface area contributed by atoms with Crippen molar-refractivity contribution in [2.24, 2.45) is 5.92 Å². The predicted molar refractivity (Wildman–Crippen MR) is 146 cm³/mol. The van der Waals surface area contributed by atoms with E-state index in [1.807, 2.05) is 4.90 Å². The zero-order chi connectivity index (χ0) is 28.0. The highest BCUT2D eigenvalue weighted by molar-refractivity contribution is 7.89. The number of likely N-dealkylation sites (N-methyl/N-ethyl adjacent to an activating group) is 2. The summed E-state index contributed by atoms with van der Waals surface area (Å²) in [5.74, 6) is 0.675. The zero-order valence-corrected chi connectivity index (χ0v) is 24.6. The molecule has 0 aromatic heterocycles. The molecule has 2 heterocycles. The van der Waals surface area contributed by atoms with Gasteiger partial charge >= 0.3 is 0 Å². The van der Waals surface area contributed by atoms with Crippen LogP contribution in [0.1, 0.15) is 36.8 Å². The molecule has 11 heteroatoms. The molecule has 0 saturated carbocycles. The lowest BCUT2D eigenvalue weighted by Crippen LogP contribution is -2.53. The molecule has 2 aliphatic heterocycles. The Morgan fingerprint density at radius 3 is 2.34 bits per heavy atom. The number of hydrogen-bond donors (Lipinski definition) is 0. The van der Waals surface area contributed by atoms with E-state index in [4.69, 9.17) is 9.47 Å². The van der Waals surface area contributed by atoms with Gasteiger partial charge in [0, 0.05) is 46.3 Å². The van der Waals surface area contributed by atoms with E-state index < -0.39 is 10.0 Å². The van der Waals surface area contributed by atoms with Crippen molar-refractivity contribution < 1.29 is 27.5 Å². The molecular weight excluding hydrogens is 508 g/mol. The van der Waals surface area contributed by atoms with E-state index in [9.17, 15) is 18.0 Å². The summed E-state index contributed by atoms with van der Waals surface area (Å²) in [6.07, 6.45) is 3.67. The molecule has 0 spiro atoms. The van der Waals surface area contributed by atoms with Gasteiger partial charge in [-0.05, 0) is 76.4 Å². The number of carbonyl (C=O) groups is 2. The molecule has 10 nitrogen and oxygen atoms in total.